The van der Waals surface area contributed by atoms with Crippen molar-refractivity contribution in [1.82, 2.24) is 0 Å². The van der Waals surface area contributed by atoms with E-state index in [1.54, 1.807) is 30.3 Å². The Kier molecular flexibility index (Phi) is 4.78. The van der Waals surface area contributed by atoms with Gasteiger partial charge in [0, 0.05) is 15.2 Å². The highest BCUT2D eigenvalue weighted by Crippen LogP contribution is 2.23. The highest BCUT2D eigenvalue weighted by molar-refractivity contribution is 9.10. The van der Waals surface area contributed by atoms with Crippen LogP contribution in [0.2, 0.25) is 5.02 Å². The molecule has 0 fully saturated rings. The van der Waals surface area contributed by atoms with Crippen molar-refractivity contribution >= 4 is 39.1 Å². The quantitative estimate of drug-likeness (QED) is 0.846. The van der Waals surface area contributed by atoms with Gasteiger partial charge in [0.05, 0.1) is 6.42 Å². The molecule has 0 aromatic heterocycles. The number of benzene rings is 2. The van der Waals surface area contributed by atoms with Crippen molar-refractivity contribution in [2.24, 2.45) is 0 Å². The number of hydrogen-bond donors (Lipinski definition) is 1. The Morgan fingerprint density at radius 1 is 1.35 bits per heavy atom. The molecule has 0 unspecified atom stereocenters. The number of amides is 1. The van der Waals surface area contributed by atoms with E-state index in [1.807, 2.05) is 6.92 Å². The first-order valence-electron chi connectivity index (χ1n) is 5.96. The first-order chi connectivity index (χ1) is 9.47. The van der Waals surface area contributed by atoms with E-state index in [4.69, 9.17) is 11.6 Å². The molecule has 5 heteroatoms. The molecular formula is C15H12BrClFNO. The summed E-state index contributed by atoms with van der Waals surface area (Å²) in [6, 6.07) is 9.79. The first-order valence-corrected chi connectivity index (χ1v) is 7.13. The lowest BCUT2D eigenvalue weighted by Gasteiger charge is -2.10. The van der Waals surface area contributed by atoms with Crippen molar-refractivity contribution in [2.45, 2.75) is 13.3 Å². The summed E-state index contributed by atoms with van der Waals surface area (Å²) in [5, 5.41) is 3.32. The smallest absolute Gasteiger partial charge is 0.228 e. The lowest BCUT2D eigenvalue weighted by Crippen LogP contribution is -2.16. The van der Waals surface area contributed by atoms with Crippen LogP contribution in [0.5, 0.6) is 0 Å². The Labute approximate surface area is 130 Å². The lowest BCUT2D eigenvalue weighted by atomic mass is 10.1. The summed E-state index contributed by atoms with van der Waals surface area (Å²) in [6.45, 7) is 1.82. The van der Waals surface area contributed by atoms with Gasteiger partial charge in [-0.2, -0.15) is 0 Å². The van der Waals surface area contributed by atoms with Gasteiger partial charge in [-0.3, -0.25) is 4.79 Å². The zero-order chi connectivity index (χ0) is 14.7. The van der Waals surface area contributed by atoms with Gasteiger partial charge in [-0.1, -0.05) is 33.6 Å². The molecule has 0 saturated carbocycles. The maximum Gasteiger partial charge on any atom is 0.228 e. The molecular weight excluding hydrogens is 345 g/mol. The van der Waals surface area contributed by atoms with Crippen LogP contribution in [-0.2, 0) is 11.2 Å². The Bertz CT molecular complexity index is 654. The molecule has 1 N–H and O–H groups in total. The zero-order valence-corrected chi connectivity index (χ0v) is 13.1. The Morgan fingerprint density at radius 2 is 2.10 bits per heavy atom. The SMILES string of the molecule is Cc1c(Cl)cccc1NC(=O)Cc1cc(Br)ccc1F. The topological polar surface area (TPSA) is 29.1 Å². The standard InChI is InChI=1S/C15H12BrClFNO/c1-9-12(17)3-2-4-14(9)19-15(20)8-10-7-11(16)5-6-13(10)18/h2-7H,8H2,1H3,(H,19,20). The van der Waals surface area contributed by atoms with Crippen LogP contribution in [0.3, 0.4) is 0 Å². The average Bonchev–Trinajstić information content (AvgIpc) is 2.39. The van der Waals surface area contributed by atoms with E-state index >= 15 is 0 Å². The fraction of sp³-hybridized carbons (Fsp3) is 0.133. The average molecular weight is 357 g/mol. The summed E-state index contributed by atoms with van der Waals surface area (Å²) < 4.78 is 14.3. The summed E-state index contributed by atoms with van der Waals surface area (Å²) in [6.07, 6.45) is -0.0305. The summed E-state index contributed by atoms with van der Waals surface area (Å²) in [7, 11) is 0. The molecule has 0 aliphatic heterocycles. The van der Waals surface area contributed by atoms with E-state index in [9.17, 15) is 9.18 Å². The fourth-order valence-corrected chi connectivity index (χ4v) is 2.37. The number of halogens is 3. The van der Waals surface area contributed by atoms with E-state index in [2.05, 4.69) is 21.2 Å². The summed E-state index contributed by atoms with van der Waals surface area (Å²) in [5.41, 5.74) is 1.77. The Morgan fingerprint density at radius 3 is 2.85 bits per heavy atom. The molecule has 1 amide bonds. The largest absolute Gasteiger partial charge is 0.326 e. The normalized spacial score (nSPS) is 10.4. The van der Waals surface area contributed by atoms with Gasteiger partial charge in [0.1, 0.15) is 5.82 Å². The molecule has 0 aliphatic rings. The van der Waals surface area contributed by atoms with Crippen LogP contribution in [0.1, 0.15) is 11.1 Å². The van der Waals surface area contributed by atoms with Crippen LogP contribution in [-0.4, -0.2) is 5.91 Å². The fourth-order valence-electron chi connectivity index (χ4n) is 1.79. The molecule has 2 nitrogen and oxygen atoms in total. The minimum atomic E-state index is -0.397. The van der Waals surface area contributed by atoms with Crippen molar-refractivity contribution in [2.75, 3.05) is 5.32 Å². The molecule has 0 aliphatic carbocycles. The van der Waals surface area contributed by atoms with Crippen molar-refractivity contribution < 1.29 is 9.18 Å². The first kappa shape index (κ1) is 15.0. The minimum absolute atomic E-state index is 0.0305. The Balaban J connectivity index is 2.13. The third-order valence-corrected chi connectivity index (χ3v) is 3.80. The predicted molar refractivity (Wildman–Crippen MR) is 82.6 cm³/mol. The number of anilines is 1. The molecule has 0 atom stereocenters. The maximum absolute atomic E-state index is 13.6. The molecule has 2 aromatic rings. The number of hydrogen-bond acceptors (Lipinski definition) is 1. The predicted octanol–water partition coefficient (Wildman–Crippen LogP) is 4.73. The number of rotatable bonds is 3. The highest BCUT2D eigenvalue weighted by Gasteiger charge is 2.11. The van der Waals surface area contributed by atoms with Crippen molar-refractivity contribution in [3.05, 3.63) is 62.8 Å². The highest BCUT2D eigenvalue weighted by atomic mass is 79.9. The molecule has 2 rings (SSSR count). The van der Waals surface area contributed by atoms with Crippen LogP contribution < -0.4 is 5.32 Å². The number of carbonyl (C=O) groups is 1. The molecule has 2 aromatic carbocycles. The van der Waals surface area contributed by atoms with E-state index in [1.165, 1.54) is 6.07 Å². The van der Waals surface area contributed by atoms with Crippen LogP contribution in [0.25, 0.3) is 0 Å². The van der Waals surface area contributed by atoms with Gasteiger partial charge in [-0.05, 0) is 48.4 Å². The van der Waals surface area contributed by atoms with Crippen LogP contribution in [0.4, 0.5) is 10.1 Å². The van der Waals surface area contributed by atoms with Crippen LogP contribution in [0.15, 0.2) is 40.9 Å². The van der Waals surface area contributed by atoms with Gasteiger partial charge in [-0.25, -0.2) is 4.39 Å². The second-order valence-electron chi connectivity index (χ2n) is 4.37. The Hall–Kier alpha value is -1.39. The van der Waals surface area contributed by atoms with E-state index in [-0.39, 0.29) is 12.3 Å². The maximum atomic E-state index is 13.6. The minimum Gasteiger partial charge on any atom is -0.326 e. The molecule has 104 valence electrons. The van der Waals surface area contributed by atoms with Gasteiger partial charge in [0.25, 0.3) is 0 Å². The van der Waals surface area contributed by atoms with Gasteiger partial charge in [0.15, 0.2) is 0 Å². The molecule has 0 bridgehead atoms. The van der Waals surface area contributed by atoms with Gasteiger partial charge in [0.2, 0.25) is 5.91 Å². The van der Waals surface area contributed by atoms with Gasteiger partial charge < -0.3 is 5.32 Å². The van der Waals surface area contributed by atoms with Crippen LogP contribution >= 0.6 is 27.5 Å². The second kappa shape index (κ2) is 6.37. The summed E-state index contributed by atoms with van der Waals surface area (Å²) in [5.74, 6) is -0.682. The van der Waals surface area contributed by atoms with Crippen molar-refractivity contribution in [3.63, 3.8) is 0 Å². The lowest BCUT2D eigenvalue weighted by molar-refractivity contribution is -0.115. The monoisotopic (exact) mass is 355 g/mol. The summed E-state index contributed by atoms with van der Waals surface area (Å²) >= 11 is 9.24. The number of carbonyl (C=O) groups excluding carboxylic acids is 1. The van der Waals surface area contributed by atoms with E-state index < -0.39 is 5.82 Å². The van der Waals surface area contributed by atoms with Crippen LogP contribution in [0, 0.1) is 12.7 Å². The van der Waals surface area contributed by atoms with Crippen molar-refractivity contribution in [1.29, 1.82) is 0 Å². The van der Waals surface area contributed by atoms with E-state index in [0.717, 1.165) is 10.0 Å². The third kappa shape index (κ3) is 3.58. The second-order valence-corrected chi connectivity index (χ2v) is 5.70. The van der Waals surface area contributed by atoms with Gasteiger partial charge in [-0.15, -0.1) is 0 Å². The van der Waals surface area contributed by atoms with E-state index in [0.29, 0.717) is 16.3 Å². The molecule has 0 heterocycles. The molecule has 0 spiro atoms. The molecule has 20 heavy (non-hydrogen) atoms. The molecule has 0 radical (unpaired) electrons. The van der Waals surface area contributed by atoms with Crippen molar-refractivity contribution in [3.8, 4) is 0 Å². The summed E-state index contributed by atoms with van der Waals surface area (Å²) in [4.78, 5) is 12.0. The molecule has 0 saturated heterocycles. The third-order valence-electron chi connectivity index (χ3n) is 2.90. The van der Waals surface area contributed by atoms with Gasteiger partial charge >= 0.3 is 0 Å². The zero-order valence-electron chi connectivity index (χ0n) is 10.7. The number of nitrogens with one attached hydrogen (secondary N) is 1.